The Kier molecular flexibility index (Phi) is 4.74. The van der Waals surface area contributed by atoms with Crippen molar-refractivity contribution in [1.29, 1.82) is 0 Å². The highest BCUT2D eigenvalue weighted by atomic mass is 79.9. The fourth-order valence-corrected chi connectivity index (χ4v) is 4.73. The van der Waals surface area contributed by atoms with Gasteiger partial charge in [-0.2, -0.15) is 0 Å². The minimum atomic E-state index is -0.402. The van der Waals surface area contributed by atoms with Crippen molar-refractivity contribution in [1.82, 2.24) is 9.55 Å². The van der Waals surface area contributed by atoms with Gasteiger partial charge in [-0.15, -0.1) is 0 Å². The van der Waals surface area contributed by atoms with Crippen LogP contribution in [0.5, 0.6) is 0 Å². The Morgan fingerprint density at radius 1 is 0.968 bits per heavy atom. The van der Waals surface area contributed by atoms with Crippen LogP contribution in [0.15, 0.2) is 76.0 Å². The Bertz CT molecular complexity index is 1410. The van der Waals surface area contributed by atoms with E-state index in [1.807, 2.05) is 67.6 Å². The summed E-state index contributed by atoms with van der Waals surface area (Å²) < 4.78 is 2.59. The number of benzene rings is 3. The molecular formula is C25H20BrN3O2. The van der Waals surface area contributed by atoms with Crippen LogP contribution in [-0.4, -0.2) is 22.5 Å². The van der Waals surface area contributed by atoms with Crippen molar-refractivity contribution in [2.24, 2.45) is 0 Å². The van der Waals surface area contributed by atoms with E-state index < -0.39 is 5.92 Å². The van der Waals surface area contributed by atoms with Crippen LogP contribution in [-0.2, 0) is 11.2 Å². The first-order chi connectivity index (χ1) is 15.0. The number of aromatic nitrogens is 2. The molecule has 0 aliphatic carbocycles. The molecule has 0 bridgehead atoms. The maximum Gasteiger partial charge on any atom is 0.265 e. The summed E-state index contributed by atoms with van der Waals surface area (Å²) >= 11 is 3.52. The molecule has 6 heteroatoms. The van der Waals surface area contributed by atoms with Crippen LogP contribution in [0, 0.1) is 6.92 Å². The zero-order valence-electron chi connectivity index (χ0n) is 17.2. The second-order valence-corrected chi connectivity index (χ2v) is 8.75. The molecule has 5 rings (SSSR count). The molecule has 3 aromatic carbocycles. The molecule has 0 radical (unpaired) electrons. The van der Waals surface area contributed by atoms with Crippen LogP contribution in [0.4, 0.5) is 5.69 Å². The second-order valence-electron chi connectivity index (χ2n) is 7.83. The smallest absolute Gasteiger partial charge is 0.265 e. The minimum absolute atomic E-state index is 0.00633. The molecule has 1 amide bonds. The molecule has 2 heterocycles. The Balaban J connectivity index is 1.74. The summed E-state index contributed by atoms with van der Waals surface area (Å²) in [5.74, 6) is 0.185. The van der Waals surface area contributed by atoms with Gasteiger partial charge in [0.1, 0.15) is 5.82 Å². The molecule has 0 fully saturated rings. The summed E-state index contributed by atoms with van der Waals surface area (Å²) in [6.45, 7) is 1.97. The molecule has 1 atom stereocenters. The van der Waals surface area contributed by atoms with E-state index in [0.29, 0.717) is 23.1 Å². The third kappa shape index (κ3) is 3.18. The number of hydrogen-bond donors (Lipinski definition) is 0. The normalized spacial score (nSPS) is 15.5. The summed E-state index contributed by atoms with van der Waals surface area (Å²) in [6, 6.07) is 21.0. The molecule has 154 valence electrons. The van der Waals surface area contributed by atoms with Crippen molar-refractivity contribution >= 4 is 38.4 Å². The summed E-state index contributed by atoms with van der Waals surface area (Å²) in [7, 11) is 1.79. The van der Waals surface area contributed by atoms with Gasteiger partial charge in [-0.3, -0.25) is 14.2 Å². The number of aryl methyl sites for hydroxylation is 1. The maximum atomic E-state index is 13.5. The highest BCUT2D eigenvalue weighted by Gasteiger charge is 2.36. The topological polar surface area (TPSA) is 55.2 Å². The number of carbonyl (C=O) groups is 1. The molecule has 4 aromatic rings. The number of carbonyl (C=O) groups excluding carboxylic acids is 1. The molecule has 1 unspecified atom stereocenters. The average molecular weight is 474 g/mol. The van der Waals surface area contributed by atoms with E-state index in [-0.39, 0.29) is 11.5 Å². The van der Waals surface area contributed by atoms with Gasteiger partial charge in [-0.25, -0.2) is 4.98 Å². The monoisotopic (exact) mass is 473 g/mol. The van der Waals surface area contributed by atoms with Crippen molar-refractivity contribution in [3.8, 4) is 5.69 Å². The highest BCUT2D eigenvalue weighted by Crippen LogP contribution is 2.39. The van der Waals surface area contributed by atoms with Gasteiger partial charge >= 0.3 is 0 Å². The summed E-state index contributed by atoms with van der Waals surface area (Å²) in [4.78, 5) is 33.2. The fraction of sp³-hybridized carbons (Fsp3) is 0.160. The standard InChI is InChI=1S/C25H20BrN3O2/c1-15-7-3-6-10-21(15)29-23(27-20-9-5-4-8-17(20)25(29)31)14-19-18-13-16(26)11-12-22(18)28(2)24(19)30/h3-13,19H,14H2,1-2H3. The lowest BCUT2D eigenvalue weighted by molar-refractivity contribution is -0.119. The number of nitrogens with zero attached hydrogens (tertiary/aromatic N) is 3. The number of anilines is 1. The van der Waals surface area contributed by atoms with Crippen molar-refractivity contribution < 1.29 is 4.79 Å². The second kappa shape index (κ2) is 7.46. The summed E-state index contributed by atoms with van der Waals surface area (Å²) in [6.07, 6.45) is 0.334. The van der Waals surface area contributed by atoms with E-state index in [0.717, 1.165) is 27.0 Å². The third-order valence-corrected chi connectivity index (χ3v) is 6.44. The molecular weight excluding hydrogens is 454 g/mol. The van der Waals surface area contributed by atoms with Gasteiger partial charge in [-0.1, -0.05) is 46.3 Å². The van der Waals surface area contributed by atoms with E-state index in [4.69, 9.17) is 4.98 Å². The number of likely N-dealkylation sites (N-methyl/N-ethyl adjacent to an activating group) is 1. The first-order valence-corrected chi connectivity index (χ1v) is 10.9. The molecule has 0 saturated carbocycles. The van der Waals surface area contributed by atoms with Gasteiger partial charge in [0.05, 0.1) is 22.5 Å². The van der Waals surface area contributed by atoms with Crippen molar-refractivity contribution in [3.63, 3.8) is 0 Å². The molecule has 0 saturated heterocycles. The lowest BCUT2D eigenvalue weighted by Crippen LogP contribution is -2.29. The van der Waals surface area contributed by atoms with Gasteiger partial charge < -0.3 is 4.90 Å². The van der Waals surface area contributed by atoms with E-state index in [1.165, 1.54) is 0 Å². The zero-order chi connectivity index (χ0) is 21.7. The molecule has 0 spiro atoms. The lowest BCUT2D eigenvalue weighted by Gasteiger charge is -2.18. The van der Waals surface area contributed by atoms with Gasteiger partial charge in [0.2, 0.25) is 5.91 Å². The zero-order valence-corrected chi connectivity index (χ0v) is 18.8. The van der Waals surface area contributed by atoms with E-state index in [1.54, 1.807) is 22.6 Å². The Morgan fingerprint density at radius 3 is 2.52 bits per heavy atom. The lowest BCUT2D eigenvalue weighted by atomic mass is 9.96. The largest absolute Gasteiger partial charge is 0.315 e. The molecule has 1 aliphatic heterocycles. The fourth-order valence-electron chi connectivity index (χ4n) is 4.35. The molecule has 1 aliphatic rings. The van der Waals surface area contributed by atoms with Gasteiger partial charge in [0, 0.05) is 23.6 Å². The summed E-state index contributed by atoms with van der Waals surface area (Å²) in [5.41, 5.74) is 4.11. The Hall–Kier alpha value is -3.25. The maximum absolute atomic E-state index is 13.5. The first-order valence-electron chi connectivity index (χ1n) is 10.1. The van der Waals surface area contributed by atoms with Gasteiger partial charge in [-0.05, 0) is 54.4 Å². The number of fused-ring (bicyclic) bond motifs is 2. The average Bonchev–Trinajstić information content (AvgIpc) is 2.99. The third-order valence-electron chi connectivity index (χ3n) is 5.94. The minimum Gasteiger partial charge on any atom is -0.315 e. The molecule has 0 N–H and O–H groups in total. The molecule has 5 nitrogen and oxygen atoms in total. The van der Waals surface area contributed by atoms with Crippen molar-refractivity contribution in [2.45, 2.75) is 19.3 Å². The first kappa shape index (κ1) is 19.7. The number of rotatable bonds is 3. The number of para-hydroxylation sites is 2. The SMILES string of the molecule is Cc1ccccc1-n1c(CC2C(=O)N(C)c3ccc(Br)cc32)nc2ccccc2c1=O. The van der Waals surface area contributed by atoms with Crippen LogP contribution in [0.1, 0.15) is 22.9 Å². The van der Waals surface area contributed by atoms with Gasteiger partial charge in [0.15, 0.2) is 0 Å². The van der Waals surface area contributed by atoms with E-state index in [2.05, 4.69) is 15.9 Å². The Morgan fingerprint density at radius 2 is 1.71 bits per heavy atom. The quantitative estimate of drug-likeness (QED) is 0.430. The van der Waals surface area contributed by atoms with Gasteiger partial charge in [0.25, 0.3) is 5.56 Å². The predicted molar refractivity (Wildman–Crippen MR) is 126 cm³/mol. The van der Waals surface area contributed by atoms with Crippen LogP contribution < -0.4 is 10.5 Å². The van der Waals surface area contributed by atoms with E-state index >= 15 is 0 Å². The number of amides is 1. The van der Waals surface area contributed by atoms with Crippen molar-refractivity contribution in [3.05, 3.63) is 98.5 Å². The van der Waals surface area contributed by atoms with Crippen LogP contribution in [0.25, 0.3) is 16.6 Å². The Labute approximate surface area is 188 Å². The van der Waals surface area contributed by atoms with Crippen LogP contribution in [0.2, 0.25) is 0 Å². The summed E-state index contributed by atoms with van der Waals surface area (Å²) in [5, 5.41) is 0.563. The van der Waals surface area contributed by atoms with Crippen LogP contribution >= 0.6 is 15.9 Å². The van der Waals surface area contributed by atoms with E-state index in [9.17, 15) is 9.59 Å². The van der Waals surface area contributed by atoms with Crippen molar-refractivity contribution in [2.75, 3.05) is 11.9 Å². The molecule has 31 heavy (non-hydrogen) atoms. The number of halogens is 1. The van der Waals surface area contributed by atoms with Crippen LogP contribution in [0.3, 0.4) is 0 Å². The highest BCUT2D eigenvalue weighted by molar-refractivity contribution is 9.10. The number of hydrogen-bond acceptors (Lipinski definition) is 3. The molecule has 1 aromatic heterocycles. The predicted octanol–water partition coefficient (Wildman–Crippen LogP) is 4.76.